The molecule has 3 nitrogen and oxygen atoms in total. The summed E-state index contributed by atoms with van der Waals surface area (Å²) in [4.78, 5) is 0. The summed E-state index contributed by atoms with van der Waals surface area (Å²) in [6, 6.07) is 3.63. The van der Waals surface area contributed by atoms with E-state index in [1.807, 2.05) is 6.07 Å². The number of methoxy groups -OCH3 is 2. The number of ether oxygens (including phenoxy) is 2. The number of unbranched alkanes of at least 4 members (excludes halogenated alkanes) is 2. The minimum Gasteiger partial charge on any atom is -0.495 e. The average Bonchev–Trinajstić information content (AvgIpc) is 2.35. The van der Waals surface area contributed by atoms with Crippen LogP contribution in [0.15, 0.2) is 12.1 Å². The van der Waals surface area contributed by atoms with Crippen LogP contribution in [0.3, 0.4) is 0 Å². The Morgan fingerprint density at radius 1 is 1.12 bits per heavy atom. The molecule has 0 bridgehead atoms. The number of rotatable bonds is 7. The zero-order valence-electron chi connectivity index (χ0n) is 10.7. The highest BCUT2D eigenvalue weighted by atomic mass is 35.5. The number of halogens is 1. The molecule has 17 heavy (non-hydrogen) atoms. The first-order valence-electron chi connectivity index (χ1n) is 5.88. The second kappa shape index (κ2) is 7.28. The second-order valence-corrected chi connectivity index (χ2v) is 4.23. The molecule has 0 saturated heterocycles. The summed E-state index contributed by atoms with van der Waals surface area (Å²) >= 11 is 6.03. The minimum atomic E-state index is 0.559. The minimum absolute atomic E-state index is 0.559. The second-order valence-electron chi connectivity index (χ2n) is 3.82. The third-order valence-corrected chi connectivity index (χ3v) is 2.87. The van der Waals surface area contributed by atoms with Crippen LogP contribution in [0.1, 0.15) is 26.2 Å². The van der Waals surface area contributed by atoms with Crippen molar-refractivity contribution in [1.29, 1.82) is 0 Å². The predicted octanol–water partition coefficient (Wildman–Crippen LogP) is 3.96. The van der Waals surface area contributed by atoms with E-state index in [0.717, 1.165) is 24.4 Å². The number of hydrogen-bond donors (Lipinski definition) is 1. The molecule has 0 spiro atoms. The van der Waals surface area contributed by atoms with Gasteiger partial charge in [-0.05, 0) is 6.42 Å². The highest BCUT2D eigenvalue weighted by Crippen LogP contribution is 2.35. The van der Waals surface area contributed by atoms with E-state index >= 15 is 0 Å². The number of anilines is 1. The molecule has 0 fully saturated rings. The summed E-state index contributed by atoms with van der Waals surface area (Å²) in [5.41, 5.74) is 0.921. The van der Waals surface area contributed by atoms with Gasteiger partial charge in [-0.3, -0.25) is 0 Å². The molecule has 1 aromatic carbocycles. The molecule has 0 aliphatic carbocycles. The van der Waals surface area contributed by atoms with E-state index in [-0.39, 0.29) is 0 Å². The van der Waals surface area contributed by atoms with Crippen LogP contribution in [-0.4, -0.2) is 20.8 Å². The average molecular weight is 258 g/mol. The first-order valence-corrected chi connectivity index (χ1v) is 6.26. The lowest BCUT2D eigenvalue weighted by atomic mass is 10.2. The van der Waals surface area contributed by atoms with E-state index in [4.69, 9.17) is 21.1 Å². The molecule has 0 saturated carbocycles. The summed E-state index contributed by atoms with van der Waals surface area (Å²) in [6.45, 7) is 3.11. The topological polar surface area (TPSA) is 30.5 Å². The Hall–Kier alpha value is -1.09. The largest absolute Gasteiger partial charge is 0.495 e. The van der Waals surface area contributed by atoms with Crippen LogP contribution in [0.5, 0.6) is 11.5 Å². The maximum absolute atomic E-state index is 6.03. The van der Waals surface area contributed by atoms with Crippen molar-refractivity contribution in [2.24, 2.45) is 0 Å². The van der Waals surface area contributed by atoms with Crippen LogP contribution in [0, 0.1) is 0 Å². The fourth-order valence-corrected chi connectivity index (χ4v) is 1.83. The quantitative estimate of drug-likeness (QED) is 0.750. The van der Waals surface area contributed by atoms with Gasteiger partial charge in [-0.2, -0.15) is 0 Å². The lowest BCUT2D eigenvalue weighted by molar-refractivity contribution is 0.404. The molecule has 0 atom stereocenters. The van der Waals surface area contributed by atoms with Gasteiger partial charge in [0.25, 0.3) is 0 Å². The van der Waals surface area contributed by atoms with Crippen molar-refractivity contribution >= 4 is 17.3 Å². The lowest BCUT2D eigenvalue weighted by Gasteiger charge is -2.13. The van der Waals surface area contributed by atoms with Crippen LogP contribution >= 0.6 is 11.6 Å². The molecular weight excluding hydrogens is 238 g/mol. The fourth-order valence-electron chi connectivity index (χ4n) is 1.60. The number of benzene rings is 1. The monoisotopic (exact) mass is 257 g/mol. The van der Waals surface area contributed by atoms with Gasteiger partial charge >= 0.3 is 0 Å². The van der Waals surface area contributed by atoms with Gasteiger partial charge in [0, 0.05) is 18.7 Å². The Kier molecular flexibility index (Phi) is 5.98. The number of nitrogens with one attached hydrogen (secondary N) is 1. The van der Waals surface area contributed by atoms with Gasteiger partial charge in [-0.25, -0.2) is 0 Å². The van der Waals surface area contributed by atoms with Crippen molar-refractivity contribution < 1.29 is 9.47 Å². The summed E-state index contributed by atoms with van der Waals surface area (Å²) in [7, 11) is 3.24. The summed E-state index contributed by atoms with van der Waals surface area (Å²) in [5, 5.41) is 3.90. The van der Waals surface area contributed by atoms with E-state index in [1.165, 1.54) is 12.8 Å². The molecule has 0 amide bonds. The van der Waals surface area contributed by atoms with Gasteiger partial charge in [0.1, 0.15) is 11.5 Å². The summed E-state index contributed by atoms with van der Waals surface area (Å²) in [5.74, 6) is 1.40. The molecule has 0 unspecified atom stereocenters. The highest BCUT2D eigenvalue weighted by molar-refractivity contribution is 6.32. The Morgan fingerprint density at radius 2 is 1.82 bits per heavy atom. The van der Waals surface area contributed by atoms with Crippen molar-refractivity contribution in [3.63, 3.8) is 0 Å². The van der Waals surface area contributed by atoms with Gasteiger partial charge in [-0.1, -0.05) is 31.4 Å². The fraction of sp³-hybridized carbons (Fsp3) is 0.538. The first kappa shape index (κ1) is 14.0. The molecule has 1 N–H and O–H groups in total. The Balaban J connectivity index is 2.74. The first-order chi connectivity index (χ1) is 8.22. The van der Waals surface area contributed by atoms with E-state index in [1.54, 1.807) is 20.3 Å². The molecule has 0 heterocycles. The van der Waals surface area contributed by atoms with Crippen molar-refractivity contribution in [1.82, 2.24) is 0 Å². The Morgan fingerprint density at radius 3 is 2.41 bits per heavy atom. The summed E-state index contributed by atoms with van der Waals surface area (Å²) < 4.78 is 10.5. The zero-order valence-corrected chi connectivity index (χ0v) is 11.4. The Bertz CT molecular complexity index is 356. The van der Waals surface area contributed by atoms with Crippen LogP contribution in [0.4, 0.5) is 5.69 Å². The molecule has 0 aromatic heterocycles. The van der Waals surface area contributed by atoms with Crippen LogP contribution < -0.4 is 14.8 Å². The van der Waals surface area contributed by atoms with Gasteiger partial charge in [0.15, 0.2) is 0 Å². The number of hydrogen-bond acceptors (Lipinski definition) is 3. The maximum Gasteiger partial charge on any atom is 0.143 e. The van der Waals surface area contributed by atoms with Gasteiger partial charge in [0.05, 0.1) is 24.9 Å². The summed E-state index contributed by atoms with van der Waals surface area (Å²) in [6.07, 6.45) is 3.58. The third-order valence-electron chi connectivity index (χ3n) is 2.57. The van der Waals surface area contributed by atoms with Crippen molar-refractivity contribution in [3.05, 3.63) is 17.2 Å². The predicted molar refractivity (Wildman–Crippen MR) is 72.6 cm³/mol. The van der Waals surface area contributed by atoms with Gasteiger partial charge < -0.3 is 14.8 Å². The smallest absolute Gasteiger partial charge is 0.143 e. The van der Waals surface area contributed by atoms with Crippen molar-refractivity contribution in [2.75, 3.05) is 26.1 Å². The SMILES string of the molecule is CCCCCNc1cc(OC)c(Cl)cc1OC. The van der Waals surface area contributed by atoms with E-state index in [0.29, 0.717) is 10.8 Å². The van der Waals surface area contributed by atoms with Crippen molar-refractivity contribution in [3.8, 4) is 11.5 Å². The molecule has 0 radical (unpaired) electrons. The molecule has 96 valence electrons. The molecule has 1 rings (SSSR count). The van der Waals surface area contributed by atoms with E-state index < -0.39 is 0 Å². The molecule has 4 heteroatoms. The van der Waals surface area contributed by atoms with Crippen molar-refractivity contribution in [2.45, 2.75) is 26.2 Å². The molecule has 0 aliphatic rings. The standard InChI is InChI=1S/C13H20ClNO2/c1-4-5-6-7-15-11-9-12(16-2)10(14)8-13(11)17-3/h8-9,15H,4-7H2,1-3H3. The third kappa shape index (κ3) is 4.00. The molecule has 0 aliphatic heterocycles. The van der Waals surface area contributed by atoms with E-state index in [2.05, 4.69) is 12.2 Å². The van der Waals surface area contributed by atoms with Gasteiger partial charge in [-0.15, -0.1) is 0 Å². The van der Waals surface area contributed by atoms with Gasteiger partial charge in [0.2, 0.25) is 0 Å². The normalized spacial score (nSPS) is 10.1. The van der Waals surface area contributed by atoms with E-state index in [9.17, 15) is 0 Å². The molecular formula is C13H20ClNO2. The lowest BCUT2D eigenvalue weighted by Crippen LogP contribution is -2.03. The Labute approximate surface area is 108 Å². The van der Waals surface area contributed by atoms with Crippen LogP contribution in [0.25, 0.3) is 0 Å². The van der Waals surface area contributed by atoms with Crippen LogP contribution in [-0.2, 0) is 0 Å². The van der Waals surface area contributed by atoms with Crippen LogP contribution in [0.2, 0.25) is 5.02 Å². The zero-order chi connectivity index (χ0) is 12.7. The maximum atomic E-state index is 6.03. The molecule has 1 aromatic rings. The highest BCUT2D eigenvalue weighted by Gasteiger charge is 2.09.